The van der Waals surface area contributed by atoms with E-state index in [1.165, 1.54) is 18.3 Å². The highest BCUT2D eigenvalue weighted by Crippen LogP contribution is 2.37. The van der Waals surface area contributed by atoms with Gasteiger partial charge in [-0.15, -0.1) is 5.10 Å². The molecule has 0 saturated heterocycles. The quantitative estimate of drug-likeness (QED) is 0.496. The van der Waals surface area contributed by atoms with Crippen molar-refractivity contribution in [1.29, 1.82) is 0 Å². The second kappa shape index (κ2) is 7.38. The van der Waals surface area contributed by atoms with Gasteiger partial charge in [-0.05, 0) is 30.3 Å². The Morgan fingerprint density at radius 1 is 1.16 bits per heavy atom. The molecule has 158 valence electrons. The number of benzene rings is 1. The first-order chi connectivity index (χ1) is 14.9. The molecule has 1 aliphatic rings. The van der Waals surface area contributed by atoms with Crippen LogP contribution in [0, 0.1) is 0 Å². The average molecular weight is 447 g/mol. The van der Waals surface area contributed by atoms with Gasteiger partial charge in [-0.25, -0.2) is 4.98 Å². The molecule has 1 aromatic carbocycles. The molecule has 5 rings (SSSR count). The van der Waals surface area contributed by atoms with Crippen LogP contribution in [0.3, 0.4) is 0 Å². The summed E-state index contributed by atoms with van der Waals surface area (Å²) in [7, 11) is 0. The summed E-state index contributed by atoms with van der Waals surface area (Å²) in [6.07, 6.45) is 0.277. The number of H-pyrrole nitrogens is 1. The summed E-state index contributed by atoms with van der Waals surface area (Å²) in [5, 5.41) is 9.44. The van der Waals surface area contributed by atoms with E-state index in [0.717, 1.165) is 11.3 Å². The number of nitrogens with zero attached hydrogens (tertiary/aromatic N) is 5. The summed E-state index contributed by atoms with van der Waals surface area (Å²) in [5.74, 6) is 0.928. The molecule has 0 bridgehead atoms. The molecule has 1 atom stereocenters. The van der Waals surface area contributed by atoms with Crippen LogP contribution >= 0.6 is 11.6 Å². The molecule has 0 radical (unpaired) electrons. The standard InChI is InChI=1S/C20H14ClF3N6O/c21-13-1-2-17-14(6-13)12(9-31-17)7-30-8-16(26-10-30)15-5-11(3-4-25-15)18-19(20(22,23)24)28-29-27-18/h1-6,8,10,12H,7,9H2,(H,27,28,29)/t12-/m0/s1. The van der Waals surface area contributed by atoms with E-state index in [1.807, 2.05) is 21.8 Å². The van der Waals surface area contributed by atoms with Crippen molar-refractivity contribution in [2.75, 3.05) is 6.61 Å². The molecule has 0 unspecified atom stereocenters. The van der Waals surface area contributed by atoms with Gasteiger partial charge in [0.1, 0.15) is 17.1 Å². The molecule has 0 fully saturated rings. The Bertz CT molecular complexity index is 1250. The van der Waals surface area contributed by atoms with Gasteiger partial charge in [0.15, 0.2) is 5.69 Å². The highest BCUT2D eigenvalue weighted by molar-refractivity contribution is 6.30. The maximum atomic E-state index is 13.2. The van der Waals surface area contributed by atoms with Gasteiger partial charge < -0.3 is 9.30 Å². The summed E-state index contributed by atoms with van der Waals surface area (Å²) in [6, 6.07) is 8.49. The Morgan fingerprint density at radius 2 is 2.03 bits per heavy atom. The topological polar surface area (TPSA) is 81.5 Å². The number of hydrogen-bond donors (Lipinski definition) is 1. The maximum Gasteiger partial charge on any atom is 0.435 e. The fraction of sp³-hybridized carbons (Fsp3) is 0.200. The van der Waals surface area contributed by atoms with Gasteiger partial charge in [-0.2, -0.15) is 13.2 Å². The molecule has 0 amide bonds. The molecule has 0 spiro atoms. The lowest BCUT2D eigenvalue weighted by atomic mass is 10.0. The van der Waals surface area contributed by atoms with E-state index in [2.05, 4.69) is 20.3 Å². The molecular formula is C20H14ClF3N6O. The van der Waals surface area contributed by atoms with Gasteiger partial charge in [0.25, 0.3) is 0 Å². The van der Waals surface area contributed by atoms with E-state index in [9.17, 15) is 13.2 Å². The van der Waals surface area contributed by atoms with E-state index in [4.69, 9.17) is 16.3 Å². The third-order valence-corrected chi connectivity index (χ3v) is 5.28. The normalized spacial score (nSPS) is 15.7. The highest BCUT2D eigenvalue weighted by atomic mass is 35.5. The summed E-state index contributed by atoms with van der Waals surface area (Å²) in [5.41, 5.74) is 0.950. The van der Waals surface area contributed by atoms with E-state index >= 15 is 0 Å². The minimum Gasteiger partial charge on any atom is -0.493 e. The molecule has 0 saturated carbocycles. The lowest BCUT2D eigenvalue weighted by molar-refractivity contribution is -0.140. The smallest absolute Gasteiger partial charge is 0.435 e. The van der Waals surface area contributed by atoms with Crippen LogP contribution in [-0.2, 0) is 12.7 Å². The fourth-order valence-electron chi connectivity index (χ4n) is 3.59. The number of aromatic nitrogens is 6. The summed E-state index contributed by atoms with van der Waals surface area (Å²) in [4.78, 5) is 8.61. The van der Waals surface area contributed by atoms with Crippen molar-refractivity contribution in [1.82, 2.24) is 29.9 Å². The van der Waals surface area contributed by atoms with Gasteiger partial charge >= 0.3 is 6.18 Å². The number of hydrogen-bond acceptors (Lipinski definition) is 5. The van der Waals surface area contributed by atoms with Crippen LogP contribution in [0.15, 0.2) is 49.1 Å². The van der Waals surface area contributed by atoms with Crippen LogP contribution in [-0.4, -0.2) is 36.6 Å². The second-order valence-corrected chi connectivity index (χ2v) is 7.55. The van der Waals surface area contributed by atoms with Crippen molar-refractivity contribution in [3.8, 4) is 28.4 Å². The van der Waals surface area contributed by atoms with Crippen molar-refractivity contribution in [2.45, 2.75) is 18.6 Å². The molecular weight excluding hydrogens is 433 g/mol. The molecule has 4 heterocycles. The Kier molecular flexibility index (Phi) is 4.66. The third kappa shape index (κ3) is 3.74. The molecule has 7 nitrogen and oxygen atoms in total. The van der Waals surface area contributed by atoms with Crippen LogP contribution < -0.4 is 4.74 Å². The number of pyridine rings is 1. The first-order valence-electron chi connectivity index (χ1n) is 9.27. The Hall–Kier alpha value is -3.40. The molecule has 31 heavy (non-hydrogen) atoms. The Morgan fingerprint density at radius 3 is 2.87 bits per heavy atom. The van der Waals surface area contributed by atoms with Crippen molar-refractivity contribution in [3.63, 3.8) is 0 Å². The average Bonchev–Trinajstić information content (AvgIpc) is 3.48. The van der Waals surface area contributed by atoms with Crippen molar-refractivity contribution >= 4 is 11.6 Å². The predicted molar refractivity (Wildman–Crippen MR) is 106 cm³/mol. The summed E-state index contributed by atoms with van der Waals surface area (Å²) in [6.45, 7) is 1.14. The number of imidazole rings is 1. The Labute approximate surface area is 178 Å². The molecule has 4 aromatic rings. The van der Waals surface area contributed by atoms with E-state index < -0.39 is 11.9 Å². The molecule has 11 heteroatoms. The third-order valence-electron chi connectivity index (χ3n) is 5.04. The van der Waals surface area contributed by atoms with Gasteiger partial charge in [0.05, 0.1) is 18.6 Å². The Balaban J connectivity index is 1.40. The first-order valence-corrected chi connectivity index (χ1v) is 9.65. The maximum absolute atomic E-state index is 13.2. The SMILES string of the molecule is FC(F)(F)c1[nH]nnc1-c1ccnc(-c2cn(C[C@H]3COc4ccc(Cl)cc43)cn2)c1. The van der Waals surface area contributed by atoms with Gasteiger partial charge in [-0.3, -0.25) is 10.1 Å². The number of aromatic amines is 1. The zero-order valence-corrected chi connectivity index (χ0v) is 16.5. The zero-order valence-electron chi connectivity index (χ0n) is 15.8. The lowest BCUT2D eigenvalue weighted by Crippen LogP contribution is -2.09. The van der Waals surface area contributed by atoms with Crippen LogP contribution in [0.1, 0.15) is 17.2 Å². The highest BCUT2D eigenvalue weighted by Gasteiger charge is 2.37. The summed E-state index contributed by atoms with van der Waals surface area (Å²) >= 11 is 6.11. The van der Waals surface area contributed by atoms with Gasteiger partial charge in [0, 0.05) is 41.0 Å². The van der Waals surface area contributed by atoms with Crippen LogP contribution in [0.5, 0.6) is 5.75 Å². The van der Waals surface area contributed by atoms with Gasteiger partial charge in [0.2, 0.25) is 0 Å². The number of fused-ring (bicyclic) bond motifs is 1. The number of alkyl halides is 3. The summed E-state index contributed by atoms with van der Waals surface area (Å²) < 4.78 is 47.1. The number of rotatable bonds is 4. The zero-order chi connectivity index (χ0) is 21.6. The number of halogens is 4. The van der Waals surface area contributed by atoms with Crippen LogP contribution in [0.25, 0.3) is 22.6 Å². The monoisotopic (exact) mass is 446 g/mol. The lowest BCUT2D eigenvalue weighted by Gasteiger charge is -2.09. The minimum absolute atomic E-state index is 0.111. The number of ether oxygens (including phenoxy) is 1. The minimum atomic E-state index is -4.59. The van der Waals surface area contributed by atoms with E-state index in [-0.39, 0.29) is 17.2 Å². The van der Waals surface area contributed by atoms with Crippen molar-refractivity contribution in [3.05, 3.63) is 65.3 Å². The largest absolute Gasteiger partial charge is 0.493 e. The molecule has 1 aliphatic heterocycles. The van der Waals surface area contributed by atoms with Crippen molar-refractivity contribution < 1.29 is 17.9 Å². The van der Waals surface area contributed by atoms with E-state index in [1.54, 1.807) is 18.6 Å². The predicted octanol–water partition coefficient (Wildman–Crippen LogP) is 4.58. The first kappa shape index (κ1) is 19.6. The second-order valence-electron chi connectivity index (χ2n) is 7.11. The van der Waals surface area contributed by atoms with Crippen LogP contribution in [0.2, 0.25) is 5.02 Å². The molecule has 0 aliphatic carbocycles. The van der Waals surface area contributed by atoms with E-state index in [0.29, 0.717) is 29.6 Å². The molecule has 3 aromatic heterocycles. The van der Waals surface area contributed by atoms with Crippen LogP contribution in [0.4, 0.5) is 13.2 Å². The number of nitrogens with one attached hydrogen (secondary N) is 1. The van der Waals surface area contributed by atoms with Gasteiger partial charge in [-0.1, -0.05) is 16.8 Å². The van der Waals surface area contributed by atoms with Crippen molar-refractivity contribution in [2.24, 2.45) is 0 Å². The fourth-order valence-corrected chi connectivity index (χ4v) is 3.77. The molecule has 1 N–H and O–H groups in total.